The predicted octanol–water partition coefficient (Wildman–Crippen LogP) is 2.67. The summed E-state index contributed by atoms with van der Waals surface area (Å²) >= 11 is 0. The summed E-state index contributed by atoms with van der Waals surface area (Å²) in [5, 5.41) is 5.74. The van der Waals surface area contributed by atoms with E-state index in [1.165, 1.54) is 22.5 Å². The molecule has 2 N–H and O–H groups in total. The number of benzene rings is 1. The van der Waals surface area contributed by atoms with Gasteiger partial charge < -0.3 is 15.4 Å². The fourth-order valence-electron chi connectivity index (χ4n) is 4.87. The molecule has 0 saturated carbocycles. The molecule has 8 nitrogen and oxygen atoms in total. The number of sulfonamides is 1. The van der Waals surface area contributed by atoms with Crippen molar-refractivity contribution < 1.29 is 22.7 Å². The van der Waals surface area contributed by atoms with Crippen LogP contribution in [0, 0.1) is 5.92 Å². The van der Waals surface area contributed by atoms with Gasteiger partial charge in [-0.05, 0) is 77.3 Å². The molecule has 1 aromatic carbocycles. The van der Waals surface area contributed by atoms with E-state index in [4.69, 9.17) is 4.74 Å². The van der Waals surface area contributed by atoms with Crippen LogP contribution in [0.15, 0.2) is 41.8 Å². The summed E-state index contributed by atoms with van der Waals surface area (Å²) in [6, 6.07) is 5.87. The second kappa shape index (κ2) is 8.96. The molecular formula is C23H33N3O5S. The van der Waals surface area contributed by atoms with Crippen molar-refractivity contribution in [1.82, 2.24) is 9.62 Å². The number of nitrogens with one attached hydrogen (secondary N) is 2. The van der Waals surface area contributed by atoms with E-state index in [1.54, 1.807) is 12.1 Å². The largest absolute Gasteiger partial charge is 0.381 e. The molecule has 2 saturated heterocycles. The standard InChI is InChI=1S/C23H33N3O5S/c1-6-20(27)25-19-15-22(2,3)26(23(19,4)5)32(29,30)18-9-7-17(8-10-18)24-21(28)16-11-13-31-14-12-16/h6-10,16,19H,1,11-15H2,2-5H3,(H,24,28)(H,25,27). The topological polar surface area (TPSA) is 105 Å². The van der Waals surface area contributed by atoms with Crippen LogP contribution in [0.5, 0.6) is 0 Å². The summed E-state index contributed by atoms with van der Waals surface area (Å²) in [6.07, 6.45) is 3.02. The first-order valence-electron chi connectivity index (χ1n) is 10.9. The third-order valence-corrected chi connectivity index (χ3v) is 8.70. The molecule has 1 atom stereocenters. The van der Waals surface area contributed by atoms with Gasteiger partial charge in [0.25, 0.3) is 0 Å². The predicted molar refractivity (Wildman–Crippen MR) is 123 cm³/mol. The van der Waals surface area contributed by atoms with E-state index in [9.17, 15) is 18.0 Å². The minimum Gasteiger partial charge on any atom is -0.381 e. The second-order valence-corrected chi connectivity index (χ2v) is 11.4. The summed E-state index contributed by atoms with van der Waals surface area (Å²) in [6.45, 7) is 12.0. The molecule has 0 bridgehead atoms. The molecule has 0 aliphatic carbocycles. The van der Waals surface area contributed by atoms with Crippen LogP contribution in [0.1, 0.15) is 47.0 Å². The van der Waals surface area contributed by atoms with Crippen molar-refractivity contribution in [3.05, 3.63) is 36.9 Å². The molecule has 2 heterocycles. The summed E-state index contributed by atoms with van der Waals surface area (Å²) in [5.74, 6) is -0.504. The number of carbonyl (C=O) groups is 2. The Morgan fingerprint density at radius 2 is 1.72 bits per heavy atom. The van der Waals surface area contributed by atoms with Crippen LogP contribution in [0.3, 0.4) is 0 Å². The third kappa shape index (κ3) is 4.74. The molecule has 1 aromatic rings. The van der Waals surface area contributed by atoms with Gasteiger partial charge in [-0.2, -0.15) is 4.31 Å². The highest BCUT2D eigenvalue weighted by atomic mass is 32.2. The molecule has 32 heavy (non-hydrogen) atoms. The van der Waals surface area contributed by atoms with Crippen molar-refractivity contribution in [2.45, 2.75) is 69.0 Å². The van der Waals surface area contributed by atoms with E-state index in [0.717, 1.165) is 0 Å². The van der Waals surface area contributed by atoms with Gasteiger partial charge in [-0.1, -0.05) is 6.58 Å². The van der Waals surface area contributed by atoms with Gasteiger partial charge in [-0.25, -0.2) is 8.42 Å². The lowest BCUT2D eigenvalue weighted by Crippen LogP contribution is -2.56. The van der Waals surface area contributed by atoms with Crippen LogP contribution < -0.4 is 10.6 Å². The van der Waals surface area contributed by atoms with Gasteiger partial charge in [0.05, 0.1) is 10.4 Å². The smallest absolute Gasteiger partial charge is 0.244 e. The minimum absolute atomic E-state index is 0.0773. The second-order valence-electron chi connectivity index (χ2n) is 9.61. The Morgan fingerprint density at radius 1 is 1.12 bits per heavy atom. The van der Waals surface area contributed by atoms with Gasteiger partial charge in [-0.3, -0.25) is 9.59 Å². The van der Waals surface area contributed by atoms with E-state index in [-0.39, 0.29) is 28.7 Å². The van der Waals surface area contributed by atoms with Crippen LogP contribution in [0.4, 0.5) is 5.69 Å². The normalized spacial score (nSPS) is 23.4. The maximum Gasteiger partial charge on any atom is 0.244 e. The maximum atomic E-state index is 13.6. The van der Waals surface area contributed by atoms with Crippen molar-refractivity contribution in [3.8, 4) is 0 Å². The number of carbonyl (C=O) groups excluding carboxylic acids is 2. The molecule has 2 aliphatic rings. The van der Waals surface area contributed by atoms with Gasteiger partial charge >= 0.3 is 0 Å². The van der Waals surface area contributed by atoms with Crippen molar-refractivity contribution in [2.24, 2.45) is 5.92 Å². The van der Waals surface area contributed by atoms with E-state index in [0.29, 0.717) is 38.2 Å². The lowest BCUT2D eigenvalue weighted by atomic mass is 9.94. The van der Waals surface area contributed by atoms with Crippen LogP contribution in [-0.2, 0) is 24.3 Å². The van der Waals surface area contributed by atoms with Gasteiger partial charge in [0, 0.05) is 36.4 Å². The number of hydrogen-bond acceptors (Lipinski definition) is 5. The highest BCUT2D eigenvalue weighted by Gasteiger charge is 2.57. The number of anilines is 1. The Hall–Kier alpha value is -2.23. The third-order valence-electron chi connectivity index (χ3n) is 6.38. The van der Waals surface area contributed by atoms with E-state index >= 15 is 0 Å². The van der Waals surface area contributed by atoms with Gasteiger partial charge in [0.15, 0.2) is 0 Å². The minimum atomic E-state index is -3.87. The SMILES string of the molecule is C=CC(=O)NC1CC(C)(C)N(S(=O)(=O)c2ccc(NC(=O)C3CCOCC3)cc2)C1(C)C. The number of hydrogen-bond donors (Lipinski definition) is 2. The number of ether oxygens (including phenoxy) is 1. The average Bonchev–Trinajstić information content (AvgIpc) is 2.92. The van der Waals surface area contributed by atoms with Gasteiger partial charge in [-0.15, -0.1) is 0 Å². The molecule has 2 fully saturated rings. The zero-order chi connectivity index (χ0) is 23.7. The Kier molecular flexibility index (Phi) is 6.83. The Bertz CT molecular complexity index is 979. The first-order chi connectivity index (χ1) is 14.9. The molecule has 2 aliphatic heterocycles. The molecule has 0 radical (unpaired) electrons. The van der Waals surface area contributed by atoms with Crippen LogP contribution in [0.25, 0.3) is 0 Å². The molecule has 9 heteroatoms. The maximum absolute atomic E-state index is 13.6. The van der Waals surface area contributed by atoms with Gasteiger partial charge in [0.1, 0.15) is 0 Å². The van der Waals surface area contributed by atoms with Crippen molar-refractivity contribution in [1.29, 1.82) is 0 Å². The summed E-state index contributed by atoms with van der Waals surface area (Å²) < 4.78 is 34.1. The van der Waals surface area contributed by atoms with Crippen molar-refractivity contribution in [2.75, 3.05) is 18.5 Å². The van der Waals surface area contributed by atoms with Gasteiger partial charge in [0.2, 0.25) is 21.8 Å². The quantitative estimate of drug-likeness (QED) is 0.631. The molecule has 3 rings (SSSR count). The molecule has 176 valence electrons. The Morgan fingerprint density at radius 3 is 2.28 bits per heavy atom. The summed E-state index contributed by atoms with van der Waals surface area (Å²) in [4.78, 5) is 24.5. The number of nitrogens with zero attached hydrogens (tertiary/aromatic N) is 1. The number of amides is 2. The van der Waals surface area contributed by atoms with Crippen LogP contribution in [-0.4, -0.2) is 54.9 Å². The molecular weight excluding hydrogens is 430 g/mol. The summed E-state index contributed by atoms with van der Waals surface area (Å²) in [5.41, 5.74) is -1.01. The molecule has 1 unspecified atom stereocenters. The highest BCUT2D eigenvalue weighted by molar-refractivity contribution is 7.89. The lowest BCUT2D eigenvalue weighted by Gasteiger charge is -2.40. The van der Waals surface area contributed by atoms with Crippen LogP contribution in [0.2, 0.25) is 0 Å². The lowest BCUT2D eigenvalue weighted by molar-refractivity contribution is -0.122. The first kappa shape index (κ1) is 24.4. The molecule has 0 aromatic heterocycles. The van der Waals surface area contributed by atoms with Crippen molar-refractivity contribution >= 4 is 27.5 Å². The van der Waals surface area contributed by atoms with Crippen molar-refractivity contribution in [3.63, 3.8) is 0 Å². The monoisotopic (exact) mass is 463 g/mol. The van der Waals surface area contributed by atoms with E-state index < -0.39 is 21.1 Å². The molecule has 0 spiro atoms. The number of rotatable bonds is 6. The average molecular weight is 464 g/mol. The van der Waals surface area contributed by atoms with E-state index in [2.05, 4.69) is 17.2 Å². The van der Waals surface area contributed by atoms with E-state index in [1.807, 2.05) is 27.7 Å². The van der Waals surface area contributed by atoms with Crippen LogP contribution >= 0.6 is 0 Å². The highest BCUT2D eigenvalue weighted by Crippen LogP contribution is 2.44. The Balaban J connectivity index is 1.81. The first-order valence-corrected chi connectivity index (χ1v) is 12.3. The molecule has 2 amide bonds. The fourth-order valence-corrected chi connectivity index (χ4v) is 7.03. The zero-order valence-corrected chi connectivity index (χ0v) is 20.0. The summed E-state index contributed by atoms with van der Waals surface area (Å²) in [7, 11) is -3.87. The Labute approximate surface area is 190 Å². The zero-order valence-electron chi connectivity index (χ0n) is 19.2. The fraction of sp³-hybridized carbons (Fsp3) is 0.565.